The zero-order chi connectivity index (χ0) is 12.8. The lowest BCUT2D eigenvalue weighted by atomic mass is 10.1. The standard InChI is InChI=1S/C15H24N2O/c1-13-5-7-14(8-6-13)16-11-15(18)12-17-9-3-2-4-10-17/h5-8,15-16,18H,2-4,9-12H2,1H3. The van der Waals surface area contributed by atoms with Gasteiger partial charge in [0.2, 0.25) is 0 Å². The Morgan fingerprint density at radius 1 is 1.17 bits per heavy atom. The number of aliphatic hydroxyl groups excluding tert-OH is 1. The SMILES string of the molecule is Cc1ccc(NCC(O)CN2CCCCC2)cc1. The zero-order valence-electron chi connectivity index (χ0n) is 11.2. The largest absolute Gasteiger partial charge is 0.390 e. The summed E-state index contributed by atoms with van der Waals surface area (Å²) in [6, 6.07) is 8.28. The molecule has 0 bridgehead atoms. The van der Waals surface area contributed by atoms with Gasteiger partial charge in [-0.3, -0.25) is 0 Å². The van der Waals surface area contributed by atoms with Crippen LogP contribution >= 0.6 is 0 Å². The summed E-state index contributed by atoms with van der Waals surface area (Å²) in [5, 5.41) is 13.3. The number of piperidine rings is 1. The van der Waals surface area contributed by atoms with Gasteiger partial charge < -0.3 is 15.3 Å². The molecule has 3 heteroatoms. The van der Waals surface area contributed by atoms with Crippen molar-refractivity contribution in [3.05, 3.63) is 29.8 Å². The molecular formula is C15H24N2O. The van der Waals surface area contributed by atoms with Crippen LogP contribution in [0.3, 0.4) is 0 Å². The fourth-order valence-electron chi connectivity index (χ4n) is 2.41. The first kappa shape index (κ1) is 13.4. The molecule has 0 spiro atoms. The van der Waals surface area contributed by atoms with E-state index in [0.29, 0.717) is 6.54 Å². The average molecular weight is 248 g/mol. The number of aryl methyl sites for hydroxylation is 1. The topological polar surface area (TPSA) is 35.5 Å². The monoisotopic (exact) mass is 248 g/mol. The van der Waals surface area contributed by atoms with E-state index in [1.165, 1.54) is 24.8 Å². The minimum Gasteiger partial charge on any atom is -0.390 e. The highest BCUT2D eigenvalue weighted by Crippen LogP contribution is 2.10. The van der Waals surface area contributed by atoms with Crippen LogP contribution in [0.5, 0.6) is 0 Å². The number of rotatable bonds is 5. The van der Waals surface area contributed by atoms with Crippen molar-refractivity contribution in [2.24, 2.45) is 0 Å². The molecule has 2 N–H and O–H groups in total. The molecule has 1 atom stereocenters. The van der Waals surface area contributed by atoms with Crippen molar-refractivity contribution < 1.29 is 5.11 Å². The quantitative estimate of drug-likeness (QED) is 0.839. The van der Waals surface area contributed by atoms with E-state index < -0.39 is 0 Å². The summed E-state index contributed by atoms with van der Waals surface area (Å²) in [7, 11) is 0. The third kappa shape index (κ3) is 4.31. The van der Waals surface area contributed by atoms with Crippen molar-refractivity contribution >= 4 is 5.69 Å². The van der Waals surface area contributed by atoms with Crippen LogP contribution in [0.4, 0.5) is 5.69 Å². The lowest BCUT2D eigenvalue weighted by Gasteiger charge is -2.28. The molecule has 0 saturated carbocycles. The second-order valence-electron chi connectivity index (χ2n) is 5.26. The van der Waals surface area contributed by atoms with Gasteiger partial charge in [-0.2, -0.15) is 0 Å². The van der Waals surface area contributed by atoms with Crippen LogP contribution in [-0.4, -0.2) is 42.3 Å². The summed E-state index contributed by atoms with van der Waals surface area (Å²) >= 11 is 0. The van der Waals surface area contributed by atoms with Crippen LogP contribution in [0.1, 0.15) is 24.8 Å². The Morgan fingerprint density at radius 2 is 1.83 bits per heavy atom. The van der Waals surface area contributed by atoms with E-state index in [0.717, 1.165) is 25.3 Å². The third-order valence-electron chi connectivity index (χ3n) is 3.51. The lowest BCUT2D eigenvalue weighted by molar-refractivity contribution is 0.110. The fourth-order valence-corrected chi connectivity index (χ4v) is 2.41. The van der Waals surface area contributed by atoms with Gasteiger partial charge >= 0.3 is 0 Å². The van der Waals surface area contributed by atoms with Gasteiger partial charge in [-0.25, -0.2) is 0 Å². The van der Waals surface area contributed by atoms with Crippen molar-refractivity contribution in [3.63, 3.8) is 0 Å². The Bertz CT molecular complexity index is 344. The van der Waals surface area contributed by atoms with Crippen LogP contribution in [-0.2, 0) is 0 Å². The normalized spacial score (nSPS) is 18.6. The molecule has 1 aromatic carbocycles. The highest BCUT2D eigenvalue weighted by atomic mass is 16.3. The van der Waals surface area contributed by atoms with Crippen LogP contribution in [0.15, 0.2) is 24.3 Å². The first-order valence-corrected chi connectivity index (χ1v) is 6.95. The molecule has 0 aliphatic carbocycles. The van der Waals surface area contributed by atoms with Gasteiger partial charge in [0.15, 0.2) is 0 Å². The summed E-state index contributed by atoms with van der Waals surface area (Å²) in [6.45, 7) is 5.77. The molecule has 2 rings (SSSR count). The Hall–Kier alpha value is -1.06. The van der Waals surface area contributed by atoms with E-state index >= 15 is 0 Å². The van der Waals surface area contributed by atoms with E-state index in [2.05, 4.69) is 41.4 Å². The van der Waals surface area contributed by atoms with Crippen molar-refractivity contribution in [2.45, 2.75) is 32.3 Å². The first-order chi connectivity index (χ1) is 8.74. The molecule has 1 aliphatic heterocycles. The second kappa shape index (κ2) is 6.76. The number of nitrogens with zero attached hydrogens (tertiary/aromatic N) is 1. The van der Waals surface area contributed by atoms with Crippen molar-refractivity contribution in [3.8, 4) is 0 Å². The molecule has 1 fully saturated rings. The Labute approximate surface area is 110 Å². The first-order valence-electron chi connectivity index (χ1n) is 6.95. The van der Waals surface area contributed by atoms with Gasteiger partial charge in [0.05, 0.1) is 6.10 Å². The number of nitrogens with one attached hydrogen (secondary N) is 1. The van der Waals surface area contributed by atoms with Crippen molar-refractivity contribution in [1.82, 2.24) is 4.90 Å². The highest BCUT2D eigenvalue weighted by molar-refractivity contribution is 5.44. The number of β-amino-alcohol motifs (C(OH)–C–C–N with tert-alkyl or cyclic N) is 1. The smallest absolute Gasteiger partial charge is 0.0839 e. The summed E-state index contributed by atoms with van der Waals surface area (Å²) in [4.78, 5) is 2.37. The Kier molecular flexibility index (Phi) is 5.02. The van der Waals surface area contributed by atoms with Crippen LogP contribution in [0.2, 0.25) is 0 Å². The van der Waals surface area contributed by atoms with Crippen LogP contribution in [0.25, 0.3) is 0 Å². The molecule has 1 saturated heterocycles. The minimum atomic E-state index is -0.288. The summed E-state index contributed by atoms with van der Waals surface area (Å²) < 4.78 is 0. The van der Waals surface area contributed by atoms with E-state index in [-0.39, 0.29) is 6.10 Å². The molecule has 18 heavy (non-hydrogen) atoms. The Balaban J connectivity index is 1.70. The maximum atomic E-state index is 10.0. The number of anilines is 1. The highest BCUT2D eigenvalue weighted by Gasteiger charge is 2.14. The number of hydrogen-bond donors (Lipinski definition) is 2. The van der Waals surface area contributed by atoms with Crippen LogP contribution in [0, 0.1) is 6.92 Å². The van der Waals surface area contributed by atoms with Gasteiger partial charge in [0.1, 0.15) is 0 Å². The molecule has 0 aromatic heterocycles. The lowest BCUT2D eigenvalue weighted by Crippen LogP contribution is -2.39. The molecule has 0 radical (unpaired) electrons. The summed E-state index contributed by atoms with van der Waals surface area (Å²) in [5.41, 5.74) is 2.34. The van der Waals surface area contributed by atoms with Crippen LogP contribution < -0.4 is 5.32 Å². The van der Waals surface area contributed by atoms with E-state index in [1.807, 2.05) is 0 Å². The van der Waals surface area contributed by atoms with E-state index in [9.17, 15) is 5.11 Å². The molecule has 1 aliphatic rings. The minimum absolute atomic E-state index is 0.288. The predicted molar refractivity (Wildman–Crippen MR) is 76.0 cm³/mol. The molecule has 100 valence electrons. The fraction of sp³-hybridized carbons (Fsp3) is 0.600. The predicted octanol–water partition coefficient (Wildman–Crippen LogP) is 2.25. The Morgan fingerprint density at radius 3 is 2.50 bits per heavy atom. The van der Waals surface area contributed by atoms with E-state index in [4.69, 9.17) is 0 Å². The van der Waals surface area contributed by atoms with Gasteiger partial charge in [-0.1, -0.05) is 24.1 Å². The molecule has 1 unspecified atom stereocenters. The maximum Gasteiger partial charge on any atom is 0.0839 e. The molecule has 1 aromatic rings. The molecule has 1 heterocycles. The number of benzene rings is 1. The number of hydrogen-bond acceptors (Lipinski definition) is 3. The van der Waals surface area contributed by atoms with Crippen molar-refractivity contribution in [1.29, 1.82) is 0 Å². The van der Waals surface area contributed by atoms with Gasteiger partial charge in [0.25, 0.3) is 0 Å². The zero-order valence-corrected chi connectivity index (χ0v) is 11.2. The number of aliphatic hydroxyl groups is 1. The van der Waals surface area contributed by atoms with Crippen molar-refractivity contribution in [2.75, 3.05) is 31.5 Å². The molecule has 3 nitrogen and oxygen atoms in total. The van der Waals surface area contributed by atoms with E-state index in [1.54, 1.807) is 0 Å². The average Bonchev–Trinajstić information content (AvgIpc) is 2.39. The second-order valence-corrected chi connectivity index (χ2v) is 5.26. The van der Waals surface area contributed by atoms with Gasteiger partial charge in [0, 0.05) is 18.8 Å². The van der Waals surface area contributed by atoms with Gasteiger partial charge in [-0.05, 0) is 45.0 Å². The maximum absolute atomic E-state index is 10.0. The third-order valence-corrected chi connectivity index (χ3v) is 3.51. The molecule has 0 amide bonds. The summed E-state index contributed by atoms with van der Waals surface area (Å²) in [6.07, 6.45) is 3.61. The molecular weight excluding hydrogens is 224 g/mol. The summed E-state index contributed by atoms with van der Waals surface area (Å²) in [5.74, 6) is 0. The number of likely N-dealkylation sites (tertiary alicyclic amines) is 1. The van der Waals surface area contributed by atoms with Gasteiger partial charge in [-0.15, -0.1) is 0 Å².